The van der Waals surface area contributed by atoms with Crippen molar-refractivity contribution in [2.75, 3.05) is 13.1 Å². The van der Waals surface area contributed by atoms with E-state index in [1.165, 1.54) is 0 Å². The highest BCUT2D eigenvalue weighted by Gasteiger charge is 2.37. The zero-order valence-electron chi connectivity index (χ0n) is 11.0. The molecule has 2 amide bonds. The van der Waals surface area contributed by atoms with Crippen molar-refractivity contribution in [3.8, 4) is 0 Å². The number of primary amides is 1. The average Bonchev–Trinajstić information content (AvgIpc) is 2.81. The maximum absolute atomic E-state index is 12.4. The highest BCUT2D eigenvalue weighted by atomic mass is 16.2. The van der Waals surface area contributed by atoms with E-state index in [0.717, 1.165) is 19.3 Å². The van der Waals surface area contributed by atoms with Crippen molar-refractivity contribution in [2.45, 2.75) is 38.6 Å². The molecule has 0 bridgehead atoms. The largest absolute Gasteiger partial charge is 0.369 e. The maximum Gasteiger partial charge on any atom is 0.226 e. The molecule has 0 aromatic carbocycles. The van der Waals surface area contributed by atoms with Crippen LogP contribution in [0.4, 0.5) is 0 Å². The second kappa shape index (κ2) is 5.26. The molecule has 5 nitrogen and oxygen atoms in total. The minimum Gasteiger partial charge on any atom is -0.369 e. The summed E-state index contributed by atoms with van der Waals surface area (Å²) < 4.78 is 0. The zero-order valence-corrected chi connectivity index (χ0v) is 11.0. The molecule has 2 aliphatic rings. The number of hydrogen-bond donors (Lipinski definition) is 2. The lowest BCUT2D eigenvalue weighted by Crippen LogP contribution is -2.43. The van der Waals surface area contributed by atoms with Gasteiger partial charge >= 0.3 is 0 Å². The number of carbonyl (C=O) groups is 2. The van der Waals surface area contributed by atoms with Gasteiger partial charge in [0.25, 0.3) is 0 Å². The first-order chi connectivity index (χ1) is 8.49. The Bertz CT molecular complexity index is 345. The van der Waals surface area contributed by atoms with Crippen LogP contribution >= 0.6 is 0 Å². The lowest BCUT2D eigenvalue weighted by atomic mass is 9.77. The molecule has 1 heterocycles. The van der Waals surface area contributed by atoms with Gasteiger partial charge in [0.1, 0.15) is 0 Å². The molecule has 102 valence electrons. The summed E-state index contributed by atoms with van der Waals surface area (Å²) in [5.41, 5.74) is 11.2. The van der Waals surface area contributed by atoms with Crippen LogP contribution < -0.4 is 11.5 Å². The van der Waals surface area contributed by atoms with E-state index >= 15 is 0 Å². The second-order valence-corrected chi connectivity index (χ2v) is 5.83. The minimum absolute atomic E-state index is 0.0281. The lowest BCUT2D eigenvalue weighted by Gasteiger charge is -2.34. The molecular formula is C13H23N3O2. The number of nitrogens with zero attached hydrogens (tertiary/aromatic N) is 1. The molecule has 5 heteroatoms. The van der Waals surface area contributed by atoms with Crippen LogP contribution in [-0.2, 0) is 9.59 Å². The molecule has 0 spiro atoms. The van der Waals surface area contributed by atoms with Gasteiger partial charge in [-0.25, -0.2) is 0 Å². The fraction of sp³-hybridized carbons (Fsp3) is 0.846. The Morgan fingerprint density at radius 2 is 1.94 bits per heavy atom. The quantitative estimate of drug-likeness (QED) is 0.730. The Hall–Kier alpha value is -1.10. The van der Waals surface area contributed by atoms with Crippen LogP contribution in [0.2, 0.25) is 0 Å². The van der Waals surface area contributed by atoms with Crippen LogP contribution in [0.15, 0.2) is 0 Å². The van der Waals surface area contributed by atoms with Crippen LogP contribution in [0.3, 0.4) is 0 Å². The highest BCUT2D eigenvalue weighted by molar-refractivity contribution is 5.82. The zero-order chi connectivity index (χ0) is 13.3. The summed E-state index contributed by atoms with van der Waals surface area (Å²) in [6.45, 7) is 3.27. The Kier molecular flexibility index (Phi) is 3.90. The third-order valence-corrected chi connectivity index (χ3v) is 4.46. The molecule has 2 fully saturated rings. The van der Waals surface area contributed by atoms with Crippen molar-refractivity contribution in [1.82, 2.24) is 4.90 Å². The predicted octanol–water partition coefficient (Wildman–Crippen LogP) is 0.0837. The number of rotatable bonds is 2. The Balaban J connectivity index is 1.97. The van der Waals surface area contributed by atoms with Crippen molar-refractivity contribution in [3.05, 3.63) is 0 Å². The first-order valence-electron chi connectivity index (χ1n) is 6.82. The number of carbonyl (C=O) groups excluding carboxylic acids is 2. The SMILES string of the molecule is CC1CCC(N)CC1C(=O)N1CCC(C(N)=O)C1. The number of likely N-dealkylation sites (tertiary alicyclic amines) is 1. The van der Waals surface area contributed by atoms with E-state index in [-0.39, 0.29) is 29.7 Å². The van der Waals surface area contributed by atoms with Crippen LogP contribution in [0, 0.1) is 17.8 Å². The summed E-state index contributed by atoms with van der Waals surface area (Å²) in [6, 6.07) is 0.143. The minimum atomic E-state index is -0.293. The molecular weight excluding hydrogens is 230 g/mol. The first-order valence-corrected chi connectivity index (χ1v) is 6.82. The van der Waals surface area contributed by atoms with E-state index in [1.54, 1.807) is 4.90 Å². The smallest absolute Gasteiger partial charge is 0.226 e. The Morgan fingerprint density at radius 3 is 2.56 bits per heavy atom. The monoisotopic (exact) mass is 253 g/mol. The summed E-state index contributed by atoms with van der Waals surface area (Å²) in [5, 5.41) is 0. The van der Waals surface area contributed by atoms with Gasteiger partial charge in [0, 0.05) is 25.0 Å². The fourth-order valence-electron chi connectivity index (χ4n) is 3.13. The molecule has 0 aromatic heterocycles. The van der Waals surface area contributed by atoms with Gasteiger partial charge in [0.15, 0.2) is 0 Å². The number of hydrogen-bond acceptors (Lipinski definition) is 3. The second-order valence-electron chi connectivity index (χ2n) is 5.83. The Labute approximate surface area is 108 Å². The van der Waals surface area contributed by atoms with Gasteiger partial charge in [-0.3, -0.25) is 9.59 Å². The van der Waals surface area contributed by atoms with Gasteiger partial charge in [-0.15, -0.1) is 0 Å². The molecule has 18 heavy (non-hydrogen) atoms. The van der Waals surface area contributed by atoms with Crippen LogP contribution in [0.5, 0.6) is 0 Å². The lowest BCUT2D eigenvalue weighted by molar-refractivity contribution is -0.137. The van der Waals surface area contributed by atoms with Crippen molar-refractivity contribution in [3.63, 3.8) is 0 Å². The third kappa shape index (κ3) is 2.66. The highest BCUT2D eigenvalue weighted by Crippen LogP contribution is 2.32. The molecule has 1 aliphatic heterocycles. The standard InChI is InChI=1S/C13H23N3O2/c1-8-2-3-10(14)6-11(8)13(18)16-5-4-9(7-16)12(15)17/h8-11H,2-7,14H2,1H3,(H2,15,17). The van der Waals surface area contributed by atoms with Crippen LogP contribution in [0.1, 0.15) is 32.6 Å². The third-order valence-electron chi connectivity index (χ3n) is 4.46. The fourth-order valence-corrected chi connectivity index (χ4v) is 3.13. The van der Waals surface area contributed by atoms with Crippen molar-refractivity contribution in [1.29, 1.82) is 0 Å². The van der Waals surface area contributed by atoms with Gasteiger partial charge in [0.05, 0.1) is 5.92 Å². The molecule has 0 radical (unpaired) electrons. The molecule has 4 N–H and O–H groups in total. The number of amides is 2. The van der Waals surface area contributed by atoms with E-state index in [1.807, 2.05) is 0 Å². The maximum atomic E-state index is 12.4. The normalized spacial score (nSPS) is 36.7. The van der Waals surface area contributed by atoms with Crippen molar-refractivity contribution in [2.24, 2.45) is 29.2 Å². The first kappa shape index (κ1) is 13.3. The molecule has 2 rings (SSSR count). The van der Waals surface area contributed by atoms with Gasteiger partial charge in [-0.05, 0) is 31.6 Å². The molecule has 1 saturated carbocycles. The van der Waals surface area contributed by atoms with E-state index in [0.29, 0.717) is 25.4 Å². The average molecular weight is 253 g/mol. The predicted molar refractivity (Wildman–Crippen MR) is 68.4 cm³/mol. The van der Waals surface area contributed by atoms with Gasteiger partial charge in [-0.1, -0.05) is 6.92 Å². The summed E-state index contributed by atoms with van der Waals surface area (Å²) in [4.78, 5) is 25.4. The summed E-state index contributed by atoms with van der Waals surface area (Å²) in [5.74, 6) is 0.131. The van der Waals surface area contributed by atoms with Gasteiger partial charge in [-0.2, -0.15) is 0 Å². The molecule has 4 atom stereocenters. The number of nitrogens with two attached hydrogens (primary N) is 2. The van der Waals surface area contributed by atoms with E-state index < -0.39 is 0 Å². The topological polar surface area (TPSA) is 89.4 Å². The molecule has 0 aromatic rings. The van der Waals surface area contributed by atoms with Crippen LogP contribution in [-0.4, -0.2) is 35.8 Å². The summed E-state index contributed by atoms with van der Waals surface area (Å²) in [6.07, 6.45) is 3.51. The Morgan fingerprint density at radius 1 is 1.22 bits per heavy atom. The molecule has 1 aliphatic carbocycles. The van der Waals surface area contributed by atoms with Crippen molar-refractivity contribution < 1.29 is 9.59 Å². The van der Waals surface area contributed by atoms with Crippen LogP contribution in [0.25, 0.3) is 0 Å². The van der Waals surface area contributed by atoms with Gasteiger partial charge in [0.2, 0.25) is 11.8 Å². The molecule has 1 saturated heterocycles. The van der Waals surface area contributed by atoms with Gasteiger partial charge < -0.3 is 16.4 Å². The van der Waals surface area contributed by atoms with Crippen molar-refractivity contribution >= 4 is 11.8 Å². The summed E-state index contributed by atoms with van der Waals surface area (Å²) >= 11 is 0. The summed E-state index contributed by atoms with van der Waals surface area (Å²) in [7, 11) is 0. The van der Waals surface area contributed by atoms with E-state index in [4.69, 9.17) is 11.5 Å². The van der Waals surface area contributed by atoms with E-state index in [2.05, 4.69) is 6.92 Å². The molecule has 4 unspecified atom stereocenters. The van der Waals surface area contributed by atoms with E-state index in [9.17, 15) is 9.59 Å².